The highest BCUT2D eigenvalue weighted by molar-refractivity contribution is 7.12. The molecule has 1 N–H and O–H groups in total. The summed E-state index contributed by atoms with van der Waals surface area (Å²) in [5, 5.41) is 4.88. The van der Waals surface area contributed by atoms with Crippen molar-refractivity contribution in [2.45, 2.75) is 26.8 Å². The number of aryl methyl sites for hydroxylation is 2. The average Bonchev–Trinajstić information content (AvgIpc) is 3.27. The number of urea groups is 1. The number of carbonyl (C=O) groups is 2. The van der Waals surface area contributed by atoms with Gasteiger partial charge in [-0.15, -0.1) is 11.3 Å². The molecule has 0 aliphatic carbocycles. The van der Waals surface area contributed by atoms with Crippen LogP contribution in [0.15, 0.2) is 60.0 Å². The van der Waals surface area contributed by atoms with Crippen molar-refractivity contribution in [3.63, 3.8) is 0 Å². The summed E-state index contributed by atoms with van der Waals surface area (Å²) in [7, 11) is 0. The summed E-state index contributed by atoms with van der Waals surface area (Å²) in [5.74, 6) is -0.155. The first-order valence-electron chi connectivity index (χ1n) is 10.1. The predicted molar refractivity (Wildman–Crippen MR) is 122 cm³/mol. The van der Waals surface area contributed by atoms with Crippen molar-refractivity contribution in [2.24, 2.45) is 0 Å². The van der Waals surface area contributed by atoms with Gasteiger partial charge in [0.25, 0.3) is 5.91 Å². The zero-order chi connectivity index (χ0) is 21.1. The second-order valence-corrected chi connectivity index (χ2v) is 8.54. The SMILES string of the molecule is Cc1ccc(N2CCCN(Cc3ccccc3C)C2=O)c(NC(=O)c2cccs2)c1. The van der Waals surface area contributed by atoms with Crippen molar-refractivity contribution in [1.29, 1.82) is 0 Å². The molecule has 1 saturated heterocycles. The lowest BCUT2D eigenvalue weighted by Crippen LogP contribution is -2.49. The molecule has 2 aromatic carbocycles. The first-order valence-corrected chi connectivity index (χ1v) is 11.0. The van der Waals surface area contributed by atoms with Crippen LogP contribution in [0.4, 0.5) is 16.2 Å². The minimum absolute atomic E-state index is 0.0278. The summed E-state index contributed by atoms with van der Waals surface area (Å²) in [5.41, 5.74) is 4.77. The number of hydrogen-bond donors (Lipinski definition) is 1. The van der Waals surface area contributed by atoms with Crippen LogP contribution < -0.4 is 10.2 Å². The van der Waals surface area contributed by atoms with Crippen molar-refractivity contribution >= 4 is 34.6 Å². The van der Waals surface area contributed by atoms with Crippen LogP contribution >= 0.6 is 11.3 Å². The van der Waals surface area contributed by atoms with Crippen LogP contribution in [-0.4, -0.2) is 29.9 Å². The first-order chi connectivity index (χ1) is 14.5. The van der Waals surface area contributed by atoms with Gasteiger partial charge in [-0.1, -0.05) is 36.4 Å². The van der Waals surface area contributed by atoms with Gasteiger partial charge in [-0.25, -0.2) is 4.79 Å². The maximum absolute atomic E-state index is 13.3. The molecular weight excluding hydrogens is 394 g/mol. The molecule has 0 atom stereocenters. The molecule has 0 bridgehead atoms. The van der Waals surface area contributed by atoms with Crippen molar-refractivity contribution in [2.75, 3.05) is 23.3 Å². The van der Waals surface area contributed by atoms with E-state index in [4.69, 9.17) is 0 Å². The Balaban J connectivity index is 1.59. The van der Waals surface area contributed by atoms with Gasteiger partial charge in [0.1, 0.15) is 0 Å². The molecule has 0 radical (unpaired) electrons. The molecule has 6 heteroatoms. The third-order valence-corrected chi connectivity index (χ3v) is 6.24. The predicted octanol–water partition coefficient (Wildman–Crippen LogP) is 5.45. The first kappa shape index (κ1) is 20.2. The normalized spacial score (nSPS) is 14.1. The molecule has 1 aliphatic heterocycles. The molecule has 4 rings (SSSR count). The van der Waals surface area contributed by atoms with Crippen LogP contribution in [0.2, 0.25) is 0 Å². The monoisotopic (exact) mass is 419 g/mol. The number of benzene rings is 2. The van der Waals surface area contributed by atoms with E-state index in [2.05, 4.69) is 24.4 Å². The highest BCUT2D eigenvalue weighted by atomic mass is 32.1. The molecule has 30 heavy (non-hydrogen) atoms. The summed E-state index contributed by atoms with van der Waals surface area (Å²) in [4.78, 5) is 30.3. The zero-order valence-electron chi connectivity index (χ0n) is 17.2. The van der Waals surface area contributed by atoms with Crippen LogP contribution in [-0.2, 0) is 6.54 Å². The molecule has 5 nitrogen and oxygen atoms in total. The molecule has 3 amide bonds. The topological polar surface area (TPSA) is 52.6 Å². The van der Waals surface area contributed by atoms with Gasteiger partial charge in [0, 0.05) is 19.6 Å². The maximum atomic E-state index is 13.3. The van der Waals surface area contributed by atoms with E-state index in [1.165, 1.54) is 16.9 Å². The van der Waals surface area contributed by atoms with E-state index in [0.29, 0.717) is 23.7 Å². The van der Waals surface area contributed by atoms with E-state index in [9.17, 15) is 9.59 Å². The number of nitrogens with one attached hydrogen (secondary N) is 1. The third kappa shape index (κ3) is 4.24. The summed E-state index contributed by atoms with van der Waals surface area (Å²) in [6.45, 7) is 6.00. The largest absolute Gasteiger partial charge is 0.324 e. The minimum Gasteiger partial charge on any atom is -0.320 e. The summed E-state index contributed by atoms with van der Waals surface area (Å²) in [6.07, 6.45) is 0.879. The Morgan fingerprint density at radius 2 is 1.90 bits per heavy atom. The van der Waals surface area contributed by atoms with Gasteiger partial charge in [-0.2, -0.15) is 0 Å². The Kier molecular flexibility index (Phi) is 5.86. The molecule has 0 spiro atoms. The van der Waals surface area contributed by atoms with E-state index in [1.807, 2.05) is 53.6 Å². The number of nitrogens with zero attached hydrogens (tertiary/aromatic N) is 2. The maximum Gasteiger partial charge on any atom is 0.324 e. The number of carbonyl (C=O) groups excluding carboxylic acids is 2. The fraction of sp³-hybridized carbons (Fsp3) is 0.250. The summed E-state index contributed by atoms with van der Waals surface area (Å²) in [6, 6.07) is 17.6. The summed E-state index contributed by atoms with van der Waals surface area (Å²) < 4.78 is 0. The van der Waals surface area contributed by atoms with Crippen molar-refractivity contribution in [1.82, 2.24) is 4.90 Å². The molecule has 154 valence electrons. The molecule has 0 saturated carbocycles. The lowest BCUT2D eigenvalue weighted by Gasteiger charge is -2.36. The van der Waals surface area contributed by atoms with Gasteiger partial charge in [0.2, 0.25) is 0 Å². The average molecular weight is 420 g/mol. The van der Waals surface area contributed by atoms with Crippen molar-refractivity contribution in [3.05, 3.63) is 81.5 Å². The highest BCUT2D eigenvalue weighted by Crippen LogP contribution is 2.31. The van der Waals surface area contributed by atoms with E-state index in [-0.39, 0.29) is 11.9 Å². The quantitative estimate of drug-likeness (QED) is 0.598. The number of amides is 3. The van der Waals surface area contributed by atoms with Gasteiger partial charge in [-0.3, -0.25) is 9.69 Å². The Bertz CT molecular complexity index is 1060. The highest BCUT2D eigenvalue weighted by Gasteiger charge is 2.29. The number of rotatable bonds is 5. The van der Waals surface area contributed by atoms with Crippen LogP contribution in [0.5, 0.6) is 0 Å². The number of thiophene rings is 1. The van der Waals surface area contributed by atoms with Gasteiger partial charge in [0.05, 0.1) is 16.3 Å². The second-order valence-electron chi connectivity index (χ2n) is 7.59. The van der Waals surface area contributed by atoms with Gasteiger partial charge >= 0.3 is 6.03 Å². The second kappa shape index (κ2) is 8.71. The lowest BCUT2D eigenvalue weighted by molar-refractivity contribution is 0.103. The van der Waals surface area contributed by atoms with Crippen LogP contribution in [0.3, 0.4) is 0 Å². The molecule has 0 unspecified atom stereocenters. The van der Waals surface area contributed by atoms with Crippen molar-refractivity contribution in [3.8, 4) is 0 Å². The van der Waals surface area contributed by atoms with E-state index in [0.717, 1.165) is 29.8 Å². The van der Waals surface area contributed by atoms with Crippen LogP contribution in [0.1, 0.15) is 32.8 Å². The molecular formula is C24H25N3O2S. The molecule has 3 aromatic rings. The Morgan fingerprint density at radius 1 is 1.07 bits per heavy atom. The van der Waals surface area contributed by atoms with E-state index < -0.39 is 0 Å². The number of anilines is 2. The van der Waals surface area contributed by atoms with Gasteiger partial charge < -0.3 is 10.2 Å². The van der Waals surface area contributed by atoms with Crippen LogP contribution in [0, 0.1) is 13.8 Å². The fourth-order valence-electron chi connectivity index (χ4n) is 3.72. The molecule has 1 aromatic heterocycles. The molecule has 1 fully saturated rings. The smallest absolute Gasteiger partial charge is 0.320 e. The molecule has 1 aliphatic rings. The Hall–Kier alpha value is -3.12. The zero-order valence-corrected chi connectivity index (χ0v) is 18.0. The minimum atomic E-state index is -0.155. The van der Waals surface area contributed by atoms with Crippen LogP contribution in [0.25, 0.3) is 0 Å². The molecule has 2 heterocycles. The number of hydrogen-bond acceptors (Lipinski definition) is 3. The fourth-order valence-corrected chi connectivity index (χ4v) is 4.34. The Morgan fingerprint density at radius 3 is 2.67 bits per heavy atom. The van der Waals surface area contributed by atoms with Gasteiger partial charge in [0.15, 0.2) is 0 Å². The Labute approximate surface area is 180 Å². The summed E-state index contributed by atoms with van der Waals surface area (Å²) >= 11 is 1.40. The lowest BCUT2D eigenvalue weighted by atomic mass is 10.1. The third-order valence-electron chi connectivity index (χ3n) is 5.37. The van der Waals surface area contributed by atoms with E-state index in [1.54, 1.807) is 11.0 Å². The standard InChI is InChI=1S/C24H25N3O2S/c1-17-10-11-21(20(15-17)25-23(28)22-9-5-14-30-22)27-13-6-12-26(24(27)29)16-19-8-4-3-7-18(19)2/h3-5,7-11,14-15H,6,12-13,16H2,1-2H3,(H,25,28). The van der Waals surface area contributed by atoms with E-state index >= 15 is 0 Å². The van der Waals surface area contributed by atoms with Crippen molar-refractivity contribution < 1.29 is 9.59 Å². The van der Waals surface area contributed by atoms with Gasteiger partial charge in [-0.05, 0) is 60.5 Å².